The van der Waals surface area contributed by atoms with Crippen LogP contribution in [0.25, 0.3) is 0 Å². The molecule has 0 radical (unpaired) electrons. The Balaban J connectivity index is 1.79. The number of benzene rings is 2. The number of piperazine rings is 1. The molecule has 2 atom stereocenters. The van der Waals surface area contributed by atoms with Gasteiger partial charge in [0, 0.05) is 45.7 Å². The van der Waals surface area contributed by atoms with Gasteiger partial charge in [-0.3, -0.25) is 4.79 Å². The first-order valence-electron chi connectivity index (χ1n) is 12.7. The van der Waals surface area contributed by atoms with Crippen molar-refractivity contribution < 1.29 is 14.7 Å². The second-order valence-corrected chi connectivity index (χ2v) is 9.85. The smallest absolute Gasteiger partial charge is 0.318 e. The SMILES string of the molecule is CN(C)C[C@H](CO)N(CCc1ccccc1)C(=O)N[C@@H](Cc1ccccc1)C(=O)N1CCN(C)CC1. The molecule has 2 aromatic rings. The third-order valence-corrected chi connectivity index (χ3v) is 6.67. The minimum atomic E-state index is -0.679. The van der Waals surface area contributed by atoms with Gasteiger partial charge in [0.15, 0.2) is 0 Å². The summed E-state index contributed by atoms with van der Waals surface area (Å²) >= 11 is 0. The lowest BCUT2D eigenvalue weighted by molar-refractivity contribution is -0.134. The van der Waals surface area contributed by atoms with Crippen molar-refractivity contribution in [1.82, 2.24) is 24.9 Å². The number of rotatable bonds is 11. The molecule has 0 aromatic heterocycles. The Labute approximate surface area is 215 Å². The number of aliphatic hydroxyl groups is 1. The van der Waals surface area contributed by atoms with Crippen molar-refractivity contribution in [2.24, 2.45) is 0 Å². The normalized spacial score (nSPS) is 16.0. The summed E-state index contributed by atoms with van der Waals surface area (Å²) in [5.41, 5.74) is 2.11. The summed E-state index contributed by atoms with van der Waals surface area (Å²) in [4.78, 5) is 35.0. The fraction of sp³-hybridized carbons (Fsp3) is 0.500. The second kappa shape index (κ2) is 14.0. The van der Waals surface area contributed by atoms with E-state index in [9.17, 15) is 14.7 Å². The Bertz CT molecular complexity index is 933. The summed E-state index contributed by atoms with van der Waals surface area (Å²) in [7, 11) is 5.89. The van der Waals surface area contributed by atoms with Crippen molar-refractivity contribution in [3.63, 3.8) is 0 Å². The Hall–Kier alpha value is -2.94. The Kier molecular flexibility index (Phi) is 10.7. The van der Waals surface area contributed by atoms with E-state index in [4.69, 9.17) is 0 Å². The highest BCUT2D eigenvalue weighted by Gasteiger charge is 2.31. The second-order valence-electron chi connectivity index (χ2n) is 9.85. The monoisotopic (exact) mass is 495 g/mol. The summed E-state index contributed by atoms with van der Waals surface area (Å²) in [6.45, 7) is 3.73. The van der Waals surface area contributed by atoms with Crippen LogP contribution in [0.3, 0.4) is 0 Å². The van der Waals surface area contributed by atoms with E-state index in [-0.39, 0.29) is 24.6 Å². The van der Waals surface area contributed by atoms with Gasteiger partial charge in [0.1, 0.15) is 6.04 Å². The topological polar surface area (TPSA) is 79.4 Å². The highest BCUT2D eigenvalue weighted by molar-refractivity contribution is 5.87. The minimum Gasteiger partial charge on any atom is -0.394 e. The first kappa shape index (κ1) is 27.6. The number of carbonyl (C=O) groups excluding carboxylic acids is 2. The van der Waals surface area contributed by atoms with E-state index >= 15 is 0 Å². The molecule has 1 aliphatic rings. The van der Waals surface area contributed by atoms with Gasteiger partial charge in [-0.15, -0.1) is 0 Å². The summed E-state index contributed by atoms with van der Waals surface area (Å²) in [6, 6.07) is 18.4. The molecule has 1 saturated heterocycles. The van der Waals surface area contributed by atoms with Gasteiger partial charge in [-0.1, -0.05) is 60.7 Å². The van der Waals surface area contributed by atoms with Crippen LogP contribution in [0.1, 0.15) is 11.1 Å². The van der Waals surface area contributed by atoms with Crippen LogP contribution < -0.4 is 5.32 Å². The molecule has 2 aromatic carbocycles. The number of nitrogens with zero attached hydrogens (tertiary/aromatic N) is 4. The largest absolute Gasteiger partial charge is 0.394 e. The van der Waals surface area contributed by atoms with Crippen LogP contribution in [0, 0.1) is 0 Å². The summed E-state index contributed by atoms with van der Waals surface area (Å²) in [5.74, 6) is -0.0588. The van der Waals surface area contributed by atoms with E-state index in [1.807, 2.05) is 84.6 Å². The zero-order valence-electron chi connectivity index (χ0n) is 21.8. The predicted octanol–water partition coefficient (Wildman–Crippen LogP) is 1.55. The first-order chi connectivity index (χ1) is 17.4. The summed E-state index contributed by atoms with van der Waals surface area (Å²) < 4.78 is 0. The molecule has 196 valence electrons. The van der Waals surface area contributed by atoms with Crippen LogP contribution in [0.4, 0.5) is 4.79 Å². The number of nitrogens with one attached hydrogen (secondary N) is 1. The summed E-state index contributed by atoms with van der Waals surface area (Å²) in [6.07, 6.45) is 1.08. The Morgan fingerprint density at radius 1 is 0.944 bits per heavy atom. The molecule has 8 nitrogen and oxygen atoms in total. The zero-order valence-corrected chi connectivity index (χ0v) is 21.8. The minimum absolute atomic E-state index is 0.0588. The predicted molar refractivity (Wildman–Crippen MR) is 143 cm³/mol. The molecule has 1 heterocycles. The van der Waals surface area contributed by atoms with Gasteiger partial charge in [0.05, 0.1) is 12.6 Å². The molecule has 0 saturated carbocycles. The molecule has 8 heteroatoms. The molecule has 1 fully saturated rings. The molecule has 0 bridgehead atoms. The van der Waals surface area contributed by atoms with E-state index in [1.54, 1.807) is 4.90 Å². The molecule has 1 aliphatic heterocycles. The molecule has 0 unspecified atom stereocenters. The van der Waals surface area contributed by atoms with E-state index in [2.05, 4.69) is 17.3 Å². The first-order valence-corrected chi connectivity index (χ1v) is 12.7. The van der Waals surface area contributed by atoms with Gasteiger partial charge in [-0.25, -0.2) is 4.79 Å². The van der Waals surface area contributed by atoms with E-state index in [0.717, 1.165) is 24.2 Å². The lowest BCUT2D eigenvalue weighted by Crippen LogP contribution is -2.59. The fourth-order valence-electron chi connectivity index (χ4n) is 4.55. The van der Waals surface area contributed by atoms with E-state index in [0.29, 0.717) is 39.0 Å². The van der Waals surface area contributed by atoms with E-state index < -0.39 is 6.04 Å². The Morgan fingerprint density at radius 3 is 2.08 bits per heavy atom. The number of carbonyl (C=O) groups is 2. The summed E-state index contributed by atoms with van der Waals surface area (Å²) in [5, 5.41) is 13.2. The fourth-order valence-corrected chi connectivity index (χ4v) is 4.55. The lowest BCUT2D eigenvalue weighted by atomic mass is 10.0. The number of amides is 3. The number of aliphatic hydroxyl groups excluding tert-OH is 1. The highest BCUT2D eigenvalue weighted by atomic mass is 16.3. The van der Waals surface area contributed by atoms with Crippen LogP contribution in [0.5, 0.6) is 0 Å². The Morgan fingerprint density at radius 2 is 1.53 bits per heavy atom. The quantitative estimate of drug-likeness (QED) is 0.495. The molecule has 2 N–H and O–H groups in total. The molecule has 36 heavy (non-hydrogen) atoms. The lowest BCUT2D eigenvalue weighted by Gasteiger charge is -2.37. The van der Waals surface area contributed by atoms with Gasteiger partial charge in [0.2, 0.25) is 5.91 Å². The van der Waals surface area contributed by atoms with Gasteiger partial charge in [-0.2, -0.15) is 0 Å². The van der Waals surface area contributed by atoms with Crippen molar-refractivity contribution >= 4 is 11.9 Å². The van der Waals surface area contributed by atoms with Crippen LogP contribution >= 0.6 is 0 Å². The third-order valence-electron chi connectivity index (χ3n) is 6.67. The van der Waals surface area contributed by atoms with Crippen molar-refractivity contribution in [3.8, 4) is 0 Å². The number of urea groups is 1. The van der Waals surface area contributed by atoms with E-state index in [1.165, 1.54) is 0 Å². The maximum Gasteiger partial charge on any atom is 0.318 e. The van der Waals surface area contributed by atoms with Crippen molar-refractivity contribution in [2.75, 3.05) is 67.0 Å². The van der Waals surface area contributed by atoms with Crippen molar-refractivity contribution in [1.29, 1.82) is 0 Å². The van der Waals surface area contributed by atoms with Crippen molar-refractivity contribution in [3.05, 3.63) is 71.8 Å². The molecule has 0 spiro atoms. The third kappa shape index (κ3) is 8.33. The molecule has 3 amide bonds. The number of likely N-dealkylation sites (N-methyl/N-ethyl adjacent to an activating group) is 2. The van der Waals surface area contributed by atoms with Crippen molar-refractivity contribution in [2.45, 2.75) is 24.9 Å². The van der Waals surface area contributed by atoms with Gasteiger partial charge < -0.3 is 30.0 Å². The molecule has 0 aliphatic carbocycles. The van der Waals surface area contributed by atoms with Gasteiger partial charge in [0.25, 0.3) is 0 Å². The molecular weight excluding hydrogens is 454 g/mol. The molecular formula is C28H41N5O3. The maximum absolute atomic E-state index is 13.7. The maximum atomic E-state index is 13.7. The van der Waals surface area contributed by atoms with Crippen LogP contribution in [-0.2, 0) is 17.6 Å². The number of hydrogen-bond acceptors (Lipinski definition) is 5. The van der Waals surface area contributed by atoms with Crippen LogP contribution in [0.15, 0.2) is 60.7 Å². The average molecular weight is 496 g/mol. The van der Waals surface area contributed by atoms with Crippen LogP contribution in [0.2, 0.25) is 0 Å². The number of hydrogen-bond donors (Lipinski definition) is 2. The standard InChI is InChI=1S/C28H41N5O3/c1-30(2)21-25(22-34)33(15-14-23-10-6-4-7-11-23)28(36)29-26(20-24-12-8-5-9-13-24)27(35)32-18-16-31(3)17-19-32/h4-13,25-26,34H,14-22H2,1-3H3,(H,29,36)/t25-,26+/m1/s1. The van der Waals surface area contributed by atoms with Crippen LogP contribution in [-0.4, -0.2) is 116 Å². The molecule has 3 rings (SSSR count). The highest BCUT2D eigenvalue weighted by Crippen LogP contribution is 2.12. The zero-order chi connectivity index (χ0) is 25.9. The van der Waals surface area contributed by atoms with Gasteiger partial charge in [-0.05, 0) is 38.7 Å². The average Bonchev–Trinajstić information content (AvgIpc) is 2.88. The van der Waals surface area contributed by atoms with Gasteiger partial charge >= 0.3 is 6.03 Å².